The van der Waals surface area contributed by atoms with Crippen molar-refractivity contribution in [3.8, 4) is 22.3 Å². The van der Waals surface area contributed by atoms with Gasteiger partial charge < -0.3 is 0 Å². The standard InChI is InChI=1S/C23H24/c1-15-9-6-10-16(2)21(15)20-14-8-13-19(5)23(20)22-17(3)11-7-12-18(22)4/h6-14H,1-5H3. The fourth-order valence-corrected chi connectivity index (χ4v) is 3.66. The van der Waals surface area contributed by atoms with Gasteiger partial charge in [0.05, 0.1) is 0 Å². The molecule has 0 saturated heterocycles. The largest absolute Gasteiger partial charge is 0.0617 e. The summed E-state index contributed by atoms with van der Waals surface area (Å²) in [5.74, 6) is 0. The molecule has 3 aromatic rings. The summed E-state index contributed by atoms with van der Waals surface area (Å²) < 4.78 is 0. The Morgan fingerprint density at radius 3 is 1.22 bits per heavy atom. The van der Waals surface area contributed by atoms with Crippen LogP contribution in [0.3, 0.4) is 0 Å². The SMILES string of the molecule is Cc1cccc(C)c1-c1cccc(C)c1-c1c(C)cccc1C. The number of benzene rings is 3. The van der Waals surface area contributed by atoms with Crippen LogP contribution in [-0.2, 0) is 0 Å². The highest BCUT2D eigenvalue weighted by molar-refractivity contribution is 5.90. The summed E-state index contributed by atoms with van der Waals surface area (Å²) in [6.45, 7) is 11.1. The molecule has 0 bridgehead atoms. The minimum absolute atomic E-state index is 1.34. The van der Waals surface area contributed by atoms with Crippen LogP contribution in [0.4, 0.5) is 0 Å². The summed E-state index contributed by atoms with van der Waals surface area (Å²) >= 11 is 0. The molecule has 0 nitrogen and oxygen atoms in total. The van der Waals surface area contributed by atoms with Gasteiger partial charge in [-0.15, -0.1) is 0 Å². The third-order valence-electron chi connectivity index (χ3n) is 4.75. The zero-order valence-electron chi connectivity index (χ0n) is 14.7. The monoisotopic (exact) mass is 300 g/mol. The van der Waals surface area contributed by atoms with Crippen LogP contribution in [0.2, 0.25) is 0 Å². The molecule has 23 heavy (non-hydrogen) atoms. The first-order chi connectivity index (χ1) is 11.0. The summed E-state index contributed by atoms with van der Waals surface area (Å²) in [7, 11) is 0. The fourth-order valence-electron chi connectivity index (χ4n) is 3.66. The van der Waals surface area contributed by atoms with Gasteiger partial charge in [-0.1, -0.05) is 54.6 Å². The number of hydrogen-bond donors (Lipinski definition) is 0. The minimum Gasteiger partial charge on any atom is -0.0617 e. The molecular weight excluding hydrogens is 276 g/mol. The average Bonchev–Trinajstić information content (AvgIpc) is 2.49. The van der Waals surface area contributed by atoms with E-state index in [2.05, 4.69) is 89.2 Å². The fraction of sp³-hybridized carbons (Fsp3) is 0.217. The molecule has 3 aromatic carbocycles. The molecule has 0 saturated carbocycles. The second kappa shape index (κ2) is 6.04. The van der Waals surface area contributed by atoms with Gasteiger partial charge in [0.25, 0.3) is 0 Å². The van der Waals surface area contributed by atoms with Crippen molar-refractivity contribution in [3.05, 3.63) is 82.4 Å². The highest BCUT2D eigenvalue weighted by atomic mass is 14.2. The Hall–Kier alpha value is -2.34. The number of hydrogen-bond acceptors (Lipinski definition) is 0. The average molecular weight is 300 g/mol. The lowest BCUT2D eigenvalue weighted by atomic mass is 9.84. The molecule has 0 unspecified atom stereocenters. The molecule has 0 N–H and O–H groups in total. The van der Waals surface area contributed by atoms with Crippen molar-refractivity contribution >= 4 is 0 Å². The van der Waals surface area contributed by atoms with Crippen LogP contribution in [0, 0.1) is 34.6 Å². The Morgan fingerprint density at radius 1 is 0.391 bits per heavy atom. The third kappa shape index (κ3) is 2.70. The molecule has 0 amide bonds. The maximum absolute atomic E-state index is 2.27. The molecule has 116 valence electrons. The van der Waals surface area contributed by atoms with Gasteiger partial charge in [0.1, 0.15) is 0 Å². The smallest absolute Gasteiger partial charge is 0.00706 e. The van der Waals surface area contributed by atoms with Crippen molar-refractivity contribution in [2.45, 2.75) is 34.6 Å². The molecule has 0 heterocycles. The van der Waals surface area contributed by atoms with Crippen molar-refractivity contribution in [1.82, 2.24) is 0 Å². The molecule has 0 radical (unpaired) electrons. The van der Waals surface area contributed by atoms with E-state index in [1.807, 2.05) is 0 Å². The second-order valence-corrected chi connectivity index (χ2v) is 6.53. The van der Waals surface area contributed by atoms with Gasteiger partial charge in [-0.2, -0.15) is 0 Å². The van der Waals surface area contributed by atoms with Crippen LogP contribution in [-0.4, -0.2) is 0 Å². The van der Waals surface area contributed by atoms with Gasteiger partial charge >= 0.3 is 0 Å². The van der Waals surface area contributed by atoms with Gasteiger partial charge in [-0.3, -0.25) is 0 Å². The Labute approximate surface area is 139 Å². The molecule has 0 atom stereocenters. The first-order valence-electron chi connectivity index (χ1n) is 8.23. The lowest BCUT2D eigenvalue weighted by Crippen LogP contribution is -1.96. The summed E-state index contributed by atoms with van der Waals surface area (Å²) in [6.07, 6.45) is 0. The Balaban J connectivity index is 2.40. The summed E-state index contributed by atoms with van der Waals surface area (Å²) in [5, 5.41) is 0. The molecule has 0 aromatic heterocycles. The molecule has 0 heteroatoms. The van der Waals surface area contributed by atoms with Crippen LogP contribution in [0.1, 0.15) is 27.8 Å². The third-order valence-corrected chi connectivity index (χ3v) is 4.75. The topological polar surface area (TPSA) is 0 Å². The van der Waals surface area contributed by atoms with E-state index in [0.29, 0.717) is 0 Å². The predicted octanol–water partition coefficient (Wildman–Crippen LogP) is 6.56. The van der Waals surface area contributed by atoms with Crippen molar-refractivity contribution < 1.29 is 0 Å². The molecule has 0 spiro atoms. The van der Waals surface area contributed by atoms with Crippen LogP contribution in [0.15, 0.2) is 54.6 Å². The zero-order valence-corrected chi connectivity index (χ0v) is 14.7. The Morgan fingerprint density at radius 2 is 0.739 bits per heavy atom. The van der Waals surface area contributed by atoms with Gasteiger partial charge in [-0.25, -0.2) is 0 Å². The van der Waals surface area contributed by atoms with E-state index < -0.39 is 0 Å². The Bertz CT molecular complexity index is 829. The number of aryl methyl sites for hydroxylation is 5. The van der Waals surface area contributed by atoms with Crippen LogP contribution in [0.25, 0.3) is 22.3 Å². The van der Waals surface area contributed by atoms with E-state index in [4.69, 9.17) is 0 Å². The molecule has 0 aliphatic carbocycles. The highest BCUT2D eigenvalue weighted by Crippen LogP contribution is 2.40. The maximum atomic E-state index is 2.27. The van der Waals surface area contributed by atoms with Crippen LogP contribution < -0.4 is 0 Å². The van der Waals surface area contributed by atoms with Crippen molar-refractivity contribution in [2.24, 2.45) is 0 Å². The van der Waals surface area contributed by atoms with Crippen molar-refractivity contribution in [1.29, 1.82) is 0 Å². The van der Waals surface area contributed by atoms with Crippen molar-refractivity contribution in [3.63, 3.8) is 0 Å². The van der Waals surface area contributed by atoms with Crippen molar-refractivity contribution in [2.75, 3.05) is 0 Å². The highest BCUT2D eigenvalue weighted by Gasteiger charge is 2.16. The van der Waals surface area contributed by atoms with Gasteiger partial charge in [0.15, 0.2) is 0 Å². The summed E-state index contributed by atoms with van der Waals surface area (Å²) in [4.78, 5) is 0. The van der Waals surface area contributed by atoms with E-state index >= 15 is 0 Å². The van der Waals surface area contributed by atoms with E-state index in [9.17, 15) is 0 Å². The molecular formula is C23H24. The molecule has 3 rings (SSSR count). The normalized spacial score (nSPS) is 10.8. The van der Waals surface area contributed by atoms with E-state index in [0.717, 1.165) is 0 Å². The predicted molar refractivity (Wildman–Crippen MR) is 101 cm³/mol. The lowest BCUT2D eigenvalue weighted by Gasteiger charge is -2.20. The van der Waals surface area contributed by atoms with E-state index in [1.165, 1.54) is 50.1 Å². The van der Waals surface area contributed by atoms with E-state index in [1.54, 1.807) is 0 Å². The minimum atomic E-state index is 1.34. The lowest BCUT2D eigenvalue weighted by molar-refractivity contribution is 1.33. The van der Waals surface area contributed by atoms with Gasteiger partial charge in [-0.05, 0) is 84.7 Å². The first kappa shape index (κ1) is 15.6. The quantitative estimate of drug-likeness (QED) is 0.502. The van der Waals surface area contributed by atoms with Crippen LogP contribution in [0.5, 0.6) is 0 Å². The zero-order chi connectivity index (χ0) is 16.6. The molecule has 0 aliphatic heterocycles. The van der Waals surface area contributed by atoms with Gasteiger partial charge in [0, 0.05) is 0 Å². The van der Waals surface area contributed by atoms with Gasteiger partial charge in [0.2, 0.25) is 0 Å². The summed E-state index contributed by atoms with van der Waals surface area (Å²) in [5.41, 5.74) is 12.2. The molecule has 0 aliphatic rings. The van der Waals surface area contributed by atoms with Crippen LogP contribution >= 0.6 is 0 Å². The first-order valence-corrected chi connectivity index (χ1v) is 8.23. The number of rotatable bonds is 2. The molecule has 0 fully saturated rings. The maximum Gasteiger partial charge on any atom is -0.00706 e. The second-order valence-electron chi connectivity index (χ2n) is 6.53. The summed E-state index contributed by atoms with van der Waals surface area (Å²) in [6, 6.07) is 19.8. The van der Waals surface area contributed by atoms with E-state index in [-0.39, 0.29) is 0 Å². The Kier molecular flexibility index (Phi) is 4.09.